The van der Waals surface area contributed by atoms with Gasteiger partial charge in [-0.15, -0.1) is 0 Å². The van der Waals surface area contributed by atoms with Crippen LogP contribution in [-0.4, -0.2) is 30.8 Å². The Balaban J connectivity index is 2.96. The zero-order valence-corrected chi connectivity index (χ0v) is 15.2. The first-order valence-electron chi connectivity index (χ1n) is 8.70. The molecule has 0 fully saturated rings. The topological polar surface area (TPSA) is 58.6 Å². The van der Waals surface area contributed by atoms with Crippen LogP contribution in [0.25, 0.3) is 0 Å². The van der Waals surface area contributed by atoms with Gasteiger partial charge in [-0.25, -0.2) is 0 Å². The zero-order valence-electron chi connectivity index (χ0n) is 15.2. The summed E-state index contributed by atoms with van der Waals surface area (Å²) in [6.07, 6.45) is 10.8. The standard InChI is InChI=1S/C20H31NO3/c1-5-15(2)13-16(3)14-18-19(22)11-7-6-9-17(24-4)10-8-12-21-20(18)23/h5,13-14,17,22H,1,6-12H2,2-4H3,(H,21,23)/b15-13-,16-14+,19-18+. The van der Waals surface area contributed by atoms with Crippen molar-refractivity contribution >= 4 is 5.91 Å². The summed E-state index contributed by atoms with van der Waals surface area (Å²) < 4.78 is 5.46. The van der Waals surface area contributed by atoms with E-state index in [1.165, 1.54) is 0 Å². The molecule has 24 heavy (non-hydrogen) atoms. The van der Waals surface area contributed by atoms with Crippen LogP contribution in [0.2, 0.25) is 0 Å². The second-order valence-electron chi connectivity index (χ2n) is 6.34. The highest BCUT2D eigenvalue weighted by Gasteiger charge is 2.15. The van der Waals surface area contributed by atoms with Crippen molar-refractivity contribution in [2.24, 2.45) is 0 Å². The van der Waals surface area contributed by atoms with Crippen LogP contribution in [0.1, 0.15) is 52.4 Å². The van der Waals surface area contributed by atoms with E-state index in [4.69, 9.17) is 4.74 Å². The van der Waals surface area contributed by atoms with E-state index in [0.29, 0.717) is 18.5 Å². The van der Waals surface area contributed by atoms with Crippen molar-refractivity contribution in [3.63, 3.8) is 0 Å². The van der Waals surface area contributed by atoms with Gasteiger partial charge >= 0.3 is 0 Å². The minimum atomic E-state index is -0.217. The minimum absolute atomic E-state index is 0.158. The molecule has 0 aromatic carbocycles. The van der Waals surface area contributed by atoms with Gasteiger partial charge in [-0.05, 0) is 51.2 Å². The molecule has 0 radical (unpaired) electrons. The smallest absolute Gasteiger partial charge is 0.254 e. The van der Waals surface area contributed by atoms with Crippen LogP contribution in [-0.2, 0) is 9.53 Å². The summed E-state index contributed by atoms with van der Waals surface area (Å²) >= 11 is 0. The van der Waals surface area contributed by atoms with E-state index in [-0.39, 0.29) is 17.8 Å². The molecule has 0 aromatic heterocycles. The van der Waals surface area contributed by atoms with Gasteiger partial charge in [-0.1, -0.05) is 30.7 Å². The van der Waals surface area contributed by atoms with Gasteiger partial charge in [0.05, 0.1) is 11.7 Å². The highest BCUT2D eigenvalue weighted by Crippen LogP contribution is 2.18. The Bertz CT molecular complexity index is 529. The molecule has 1 rings (SSSR count). The summed E-state index contributed by atoms with van der Waals surface area (Å²) in [5, 5.41) is 13.3. The van der Waals surface area contributed by atoms with Crippen LogP contribution in [0.5, 0.6) is 0 Å². The summed E-state index contributed by atoms with van der Waals surface area (Å²) in [6, 6.07) is 0. The van der Waals surface area contributed by atoms with Crippen molar-refractivity contribution in [1.29, 1.82) is 0 Å². The summed E-state index contributed by atoms with van der Waals surface area (Å²) in [5.41, 5.74) is 2.29. The average Bonchev–Trinajstić information content (AvgIpc) is 2.56. The van der Waals surface area contributed by atoms with Crippen molar-refractivity contribution in [2.45, 2.75) is 58.5 Å². The van der Waals surface area contributed by atoms with Gasteiger partial charge in [0, 0.05) is 20.1 Å². The molecule has 1 aliphatic rings. The molecule has 1 aliphatic heterocycles. The maximum atomic E-state index is 12.4. The van der Waals surface area contributed by atoms with Crippen LogP contribution in [0.3, 0.4) is 0 Å². The van der Waals surface area contributed by atoms with Gasteiger partial charge in [0.15, 0.2) is 0 Å². The highest BCUT2D eigenvalue weighted by molar-refractivity contribution is 5.96. The Labute approximate surface area is 146 Å². The second-order valence-corrected chi connectivity index (χ2v) is 6.34. The molecular weight excluding hydrogens is 302 g/mol. The minimum Gasteiger partial charge on any atom is -0.511 e. The number of amides is 1. The lowest BCUT2D eigenvalue weighted by Gasteiger charge is -2.17. The number of carbonyl (C=O) groups excluding carboxylic acids is 1. The maximum absolute atomic E-state index is 12.4. The van der Waals surface area contributed by atoms with Crippen molar-refractivity contribution < 1.29 is 14.6 Å². The summed E-state index contributed by atoms with van der Waals surface area (Å²) in [5.74, 6) is -0.0582. The lowest BCUT2D eigenvalue weighted by Crippen LogP contribution is -2.27. The molecule has 0 aromatic rings. The van der Waals surface area contributed by atoms with Crippen LogP contribution in [0, 0.1) is 0 Å². The third-order valence-corrected chi connectivity index (χ3v) is 4.22. The fourth-order valence-corrected chi connectivity index (χ4v) is 2.77. The van der Waals surface area contributed by atoms with E-state index in [9.17, 15) is 9.90 Å². The number of aliphatic hydroxyl groups excluding tert-OH is 1. The molecule has 0 saturated carbocycles. The normalized spacial score (nSPS) is 25.5. The molecule has 134 valence electrons. The fraction of sp³-hybridized carbons (Fsp3) is 0.550. The maximum Gasteiger partial charge on any atom is 0.254 e. The summed E-state index contributed by atoms with van der Waals surface area (Å²) in [7, 11) is 1.73. The van der Waals surface area contributed by atoms with Gasteiger partial charge in [0.25, 0.3) is 5.91 Å². The van der Waals surface area contributed by atoms with Crippen molar-refractivity contribution in [3.05, 3.63) is 47.3 Å². The first-order valence-corrected chi connectivity index (χ1v) is 8.70. The Hall–Kier alpha value is -1.81. The monoisotopic (exact) mass is 333 g/mol. The molecule has 0 bridgehead atoms. The van der Waals surface area contributed by atoms with Crippen molar-refractivity contribution in [3.8, 4) is 0 Å². The third-order valence-electron chi connectivity index (χ3n) is 4.22. The number of methoxy groups -OCH3 is 1. The van der Waals surface area contributed by atoms with Crippen LogP contribution in [0.4, 0.5) is 0 Å². The number of ether oxygens (including phenoxy) is 1. The Morgan fingerprint density at radius 3 is 2.62 bits per heavy atom. The van der Waals surface area contributed by atoms with E-state index in [1.54, 1.807) is 19.3 Å². The third kappa shape index (κ3) is 7.18. The molecule has 0 saturated heterocycles. The quantitative estimate of drug-likeness (QED) is 0.751. The van der Waals surface area contributed by atoms with Crippen LogP contribution >= 0.6 is 0 Å². The Morgan fingerprint density at radius 2 is 1.96 bits per heavy atom. The molecule has 1 unspecified atom stereocenters. The van der Waals surface area contributed by atoms with E-state index >= 15 is 0 Å². The number of allylic oxidation sites excluding steroid dienone is 5. The van der Waals surface area contributed by atoms with Gasteiger partial charge in [-0.3, -0.25) is 4.79 Å². The molecule has 4 nitrogen and oxygen atoms in total. The summed E-state index contributed by atoms with van der Waals surface area (Å²) in [4.78, 5) is 12.4. The van der Waals surface area contributed by atoms with Gasteiger partial charge < -0.3 is 15.2 Å². The predicted molar refractivity (Wildman–Crippen MR) is 98.9 cm³/mol. The SMILES string of the molecule is C=C\C(C)=C/C(C)=C/C1=C(\O)CCCCC(OC)CCCNC1=O. The molecule has 1 amide bonds. The first-order chi connectivity index (χ1) is 11.5. The molecule has 2 N–H and O–H groups in total. The van der Waals surface area contributed by atoms with Gasteiger partial charge in [0.2, 0.25) is 0 Å². The molecule has 1 atom stereocenters. The lowest BCUT2D eigenvalue weighted by atomic mass is 10.0. The predicted octanol–water partition coefficient (Wildman–Crippen LogP) is 4.36. The Morgan fingerprint density at radius 1 is 1.25 bits per heavy atom. The van der Waals surface area contributed by atoms with E-state index in [0.717, 1.165) is 43.3 Å². The van der Waals surface area contributed by atoms with Gasteiger partial charge in [0.1, 0.15) is 5.76 Å². The average molecular weight is 333 g/mol. The molecular formula is C20H31NO3. The Kier molecular flexibility index (Phi) is 9.16. The number of carbonyl (C=O) groups is 1. The van der Waals surface area contributed by atoms with Crippen molar-refractivity contribution in [1.82, 2.24) is 5.32 Å². The van der Waals surface area contributed by atoms with Gasteiger partial charge in [-0.2, -0.15) is 0 Å². The summed E-state index contributed by atoms with van der Waals surface area (Å²) in [6.45, 7) is 8.18. The zero-order chi connectivity index (χ0) is 17.9. The fourth-order valence-electron chi connectivity index (χ4n) is 2.77. The van der Waals surface area contributed by atoms with Crippen molar-refractivity contribution in [2.75, 3.05) is 13.7 Å². The largest absolute Gasteiger partial charge is 0.511 e. The molecule has 1 heterocycles. The highest BCUT2D eigenvalue weighted by atomic mass is 16.5. The van der Waals surface area contributed by atoms with E-state index in [2.05, 4.69) is 11.9 Å². The number of aliphatic hydroxyl groups is 1. The van der Waals surface area contributed by atoms with Crippen LogP contribution in [0.15, 0.2) is 47.3 Å². The molecule has 0 aliphatic carbocycles. The van der Waals surface area contributed by atoms with Crippen LogP contribution < -0.4 is 5.32 Å². The number of hydrogen-bond acceptors (Lipinski definition) is 3. The first kappa shape index (κ1) is 20.2. The molecule has 0 spiro atoms. The number of hydrogen-bond donors (Lipinski definition) is 2. The number of rotatable bonds is 4. The second kappa shape index (κ2) is 10.9. The van der Waals surface area contributed by atoms with E-state index in [1.807, 2.05) is 19.9 Å². The van der Waals surface area contributed by atoms with E-state index < -0.39 is 0 Å². The number of nitrogens with one attached hydrogen (secondary N) is 1. The molecule has 4 heteroatoms. The lowest BCUT2D eigenvalue weighted by molar-refractivity contribution is -0.117.